The number of hydrogen-bond donors (Lipinski definition) is 1. The number of rotatable bonds is 5. The highest BCUT2D eigenvalue weighted by molar-refractivity contribution is 8.00. The molecule has 0 aliphatic heterocycles. The lowest BCUT2D eigenvalue weighted by atomic mass is 10.4. The SMILES string of the molecule is Cc1sc2ncnc(SCC(=O)NCc3ccco3)c2c1Cl. The Hall–Kier alpha value is -1.57. The van der Waals surface area contributed by atoms with Crippen LogP contribution < -0.4 is 5.32 Å². The number of nitrogens with zero attached hydrogens (tertiary/aromatic N) is 2. The Morgan fingerprint density at radius 1 is 1.50 bits per heavy atom. The topological polar surface area (TPSA) is 68.0 Å². The number of furan rings is 1. The van der Waals surface area contributed by atoms with Gasteiger partial charge in [-0.05, 0) is 19.1 Å². The van der Waals surface area contributed by atoms with Gasteiger partial charge >= 0.3 is 0 Å². The first-order chi connectivity index (χ1) is 10.6. The Bertz CT molecular complexity index is 802. The number of nitrogens with one attached hydrogen (secondary N) is 1. The van der Waals surface area contributed by atoms with Crippen LogP contribution in [0.5, 0.6) is 0 Å². The molecule has 114 valence electrons. The highest BCUT2D eigenvalue weighted by Crippen LogP contribution is 2.38. The first-order valence-electron chi connectivity index (χ1n) is 6.46. The lowest BCUT2D eigenvalue weighted by molar-refractivity contribution is -0.118. The minimum Gasteiger partial charge on any atom is -0.467 e. The summed E-state index contributed by atoms with van der Waals surface area (Å²) in [6.45, 7) is 2.32. The minimum absolute atomic E-state index is 0.0868. The zero-order valence-corrected chi connectivity index (χ0v) is 14.0. The van der Waals surface area contributed by atoms with Crippen molar-refractivity contribution in [2.75, 3.05) is 5.75 Å². The van der Waals surface area contributed by atoms with Crippen molar-refractivity contribution in [3.63, 3.8) is 0 Å². The van der Waals surface area contributed by atoms with Crippen LogP contribution in [0, 0.1) is 6.92 Å². The molecule has 3 heterocycles. The number of thioether (sulfide) groups is 1. The molecule has 3 aromatic rings. The van der Waals surface area contributed by atoms with Crippen LogP contribution in [0.4, 0.5) is 0 Å². The fourth-order valence-electron chi connectivity index (χ4n) is 1.88. The number of carbonyl (C=O) groups excluding carboxylic acids is 1. The average molecular weight is 354 g/mol. The van der Waals surface area contributed by atoms with Crippen LogP contribution in [-0.2, 0) is 11.3 Å². The van der Waals surface area contributed by atoms with Crippen molar-refractivity contribution < 1.29 is 9.21 Å². The van der Waals surface area contributed by atoms with E-state index in [1.54, 1.807) is 12.3 Å². The number of halogens is 1. The normalized spacial score (nSPS) is 11.0. The molecule has 0 aliphatic carbocycles. The van der Waals surface area contributed by atoms with Crippen molar-refractivity contribution in [2.45, 2.75) is 18.5 Å². The maximum absolute atomic E-state index is 11.9. The third-order valence-corrected chi connectivity index (χ3v) is 5.52. The minimum atomic E-state index is -0.0868. The highest BCUT2D eigenvalue weighted by atomic mass is 35.5. The largest absolute Gasteiger partial charge is 0.467 e. The summed E-state index contributed by atoms with van der Waals surface area (Å²) in [6.07, 6.45) is 3.08. The van der Waals surface area contributed by atoms with Gasteiger partial charge in [0.05, 0.1) is 29.0 Å². The second-order valence-corrected chi connectivity index (χ2v) is 7.02. The summed E-state index contributed by atoms with van der Waals surface area (Å²) >= 11 is 9.17. The Morgan fingerprint density at radius 2 is 2.36 bits per heavy atom. The van der Waals surface area contributed by atoms with Gasteiger partial charge in [-0.2, -0.15) is 0 Å². The molecular formula is C14H12ClN3O2S2. The van der Waals surface area contributed by atoms with Gasteiger partial charge in [-0.3, -0.25) is 4.79 Å². The number of fused-ring (bicyclic) bond motifs is 1. The quantitative estimate of drug-likeness (QED) is 0.560. The van der Waals surface area contributed by atoms with Gasteiger partial charge in [0.25, 0.3) is 0 Å². The van der Waals surface area contributed by atoms with Crippen molar-refractivity contribution in [2.24, 2.45) is 0 Å². The predicted molar refractivity (Wildman–Crippen MR) is 88.4 cm³/mol. The number of hydrogen-bond acceptors (Lipinski definition) is 6. The summed E-state index contributed by atoms with van der Waals surface area (Å²) in [5.74, 6) is 0.897. The van der Waals surface area contributed by atoms with Gasteiger partial charge in [-0.15, -0.1) is 11.3 Å². The van der Waals surface area contributed by atoms with Gasteiger partial charge in [0.1, 0.15) is 21.9 Å². The van der Waals surface area contributed by atoms with Gasteiger partial charge in [0.15, 0.2) is 0 Å². The van der Waals surface area contributed by atoms with Crippen LogP contribution >= 0.6 is 34.7 Å². The summed E-state index contributed by atoms with van der Waals surface area (Å²) in [4.78, 5) is 22.2. The third kappa shape index (κ3) is 3.26. The molecule has 0 unspecified atom stereocenters. The molecule has 0 saturated heterocycles. The van der Waals surface area contributed by atoms with Gasteiger partial charge in [-0.1, -0.05) is 23.4 Å². The average Bonchev–Trinajstić information content (AvgIpc) is 3.12. The Balaban J connectivity index is 1.65. The molecule has 0 aliphatic rings. The lowest BCUT2D eigenvalue weighted by Gasteiger charge is -2.04. The van der Waals surface area contributed by atoms with Gasteiger partial charge in [0, 0.05) is 4.88 Å². The molecule has 0 atom stereocenters. The first kappa shape index (κ1) is 15.3. The Labute approximate surface area is 140 Å². The highest BCUT2D eigenvalue weighted by Gasteiger charge is 2.15. The van der Waals surface area contributed by atoms with E-state index in [-0.39, 0.29) is 11.7 Å². The molecule has 22 heavy (non-hydrogen) atoms. The molecule has 8 heteroatoms. The molecule has 0 fully saturated rings. The van der Waals surface area contributed by atoms with E-state index in [2.05, 4.69) is 15.3 Å². The molecule has 5 nitrogen and oxygen atoms in total. The van der Waals surface area contributed by atoms with Gasteiger partial charge < -0.3 is 9.73 Å². The summed E-state index contributed by atoms with van der Waals surface area (Å²) in [6, 6.07) is 3.60. The van der Waals surface area contributed by atoms with E-state index >= 15 is 0 Å². The number of aromatic nitrogens is 2. The van der Waals surface area contributed by atoms with E-state index < -0.39 is 0 Å². The van der Waals surface area contributed by atoms with Crippen LogP contribution in [0.2, 0.25) is 5.02 Å². The standard InChI is InChI=1S/C14H12ClN3O2S2/c1-8-12(15)11-13(17-7-18-14(11)22-8)21-6-10(19)16-5-9-3-2-4-20-9/h2-4,7H,5-6H2,1H3,(H,16,19). The van der Waals surface area contributed by atoms with E-state index in [1.807, 2.05) is 13.0 Å². The van der Waals surface area contributed by atoms with Crippen molar-refractivity contribution >= 4 is 50.8 Å². The fourth-order valence-corrected chi connectivity index (χ4v) is 4.07. The Kier molecular flexibility index (Phi) is 4.66. The zero-order valence-electron chi connectivity index (χ0n) is 11.6. The summed E-state index contributed by atoms with van der Waals surface area (Å²) in [5.41, 5.74) is 0. The van der Waals surface area contributed by atoms with E-state index in [4.69, 9.17) is 16.0 Å². The summed E-state index contributed by atoms with van der Waals surface area (Å²) in [5, 5.41) is 5.02. The molecule has 3 rings (SSSR count). The van der Waals surface area contributed by atoms with E-state index in [0.717, 1.165) is 25.9 Å². The predicted octanol–water partition coefficient (Wildman–Crippen LogP) is 3.65. The molecule has 0 aromatic carbocycles. The number of thiophene rings is 1. The van der Waals surface area contributed by atoms with Crippen LogP contribution in [0.1, 0.15) is 10.6 Å². The van der Waals surface area contributed by atoms with Crippen molar-refractivity contribution in [3.05, 3.63) is 40.4 Å². The zero-order chi connectivity index (χ0) is 15.5. The fraction of sp³-hybridized carbons (Fsp3) is 0.214. The molecular weight excluding hydrogens is 342 g/mol. The maximum Gasteiger partial charge on any atom is 0.230 e. The van der Waals surface area contributed by atoms with E-state index in [1.165, 1.54) is 29.4 Å². The summed E-state index contributed by atoms with van der Waals surface area (Å²) < 4.78 is 5.16. The van der Waals surface area contributed by atoms with Crippen LogP contribution in [0.3, 0.4) is 0 Å². The summed E-state index contributed by atoms with van der Waals surface area (Å²) in [7, 11) is 0. The molecule has 0 spiro atoms. The van der Waals surface area contributed by atoms with Crippen LogP contribution in [0.25, 0.3) is 10.2 Å². The first-order valence-corrected chi connectivity index (χ1v) is 8.64. The molecule has 3 aromatic heterocycles. The van der Waals surface area contributed by atoms with Crippen molar-refractivity contribution in [1.29, 1.82) is 0 Å². The second kappa shape index (κ2) is 6.68. The maximum atomic E-state index is 11.9. The van der Waals surface area contributed by atoms with Crippen molar-refractivity contribution in [3.8, 4) is 0 Å². The lowest BCUT2D eigenvalue weighted by Crippen LogP contribution is -2.24. The molecule has 1 N–H and O–H groups in total. The molecule has 0 saturated carbocycles. The van der Waals surface area contributed by atoms with Crippen LogP contribution in [0.15, 0.2) is 34.2 Å². The number of amides is 1. The smallest absolute Gasteiger partial charge is 0.230 e. The number of aryl methyl sites for hydroxylation is 1. The van der Waals surface area contributed by atoms with Crippen LogP contribution in [-0.4, -0.2) is 21.6 Å². The van der Waals surface area contributed by atoms with Crippen molar-refractivity contribution in [1.82, 2.24) is 15.3 Å². The monoisotopic (exact) mass is 353 g/mol. The molecule has 0 radical (unpaired) electrons. The van der Waals surface area contributed by atoms with E-state index in [9.17, 15) is 4.79 Å². The second-order valence-electron chi connectivity index (χ2n) is 4.48. The number of carbonyl (C=O) groups is 1. The van der Waals surface area contributed by atoms with Gasteiger partial charge in [-0.25, -0.2) is 9.97 Å². The molecule has 0 bridgehead atoms. The third-order valence-electron chi connectivity index (χ3n) is 2.94. The Morgan fingerprint density at radius 3 is 3.14 bits per heavy atom. The van der Waals surface area contributed by atoms with Gasteiger partial charge in [0.2, 0.25) is 5.91 Å². The van der Waals surface area contributed by atoms with E-state index in [0.29, 0.717) is 11.6 Å². The molecule has 1 amide bonds.